The van der Waals surface area contributed by atoms with Crippen molar-refractivity contribution in [1.29, 1.82) is 0 Å². The van der Waals surface area contributed by atoms with Gasteiger partial charge in [-0.2, -0.15) is 0 Å². The number of para-hydroxylation sites is 2. The zero-order valence-electron chi connectivity index (χ0n) is 14.5. The van der Waals surface area contributed by atoms with Crippen LogP contribution in [-0.4, -0.2) is 41.3 Å². The molecular formula is C20H15F3N2O3. The highest BCUT2D eigenvalue weighted by Gasteiger charge is 2.37. The number of ether oxygens (including phenoxy) is 2. The van der Waals surface area contributed by atoms with Gasteiger partial charge in [-0.3, -0.25) is 4.79 Å². The summed E-state index contributed by atoms with van der Waals surface area (Å²) in [6, 6.07) is 16.5. The van der Waals surface area contributed by atoms with E-state index in [1.807, 2.05) is 30.3 Å². The molecule has 4 rings (SSSR count). The molecule has 5 nitrogen and oxygen atoms in total. The topological polar surface area (TPSA) is 51.7 Å². The van der Waals surface area contributed by atoms with E-state index in [4.69, 9.17) is 4.74 Å². The Balaban J connectivity index is 1.40. The maximum Gasteiger partial charge on any atom is 0.573 e. The van der Waals surface area contributed by atoms with Crippen molar-refractivity contribution < 1.29 is 27.4 Å². The third-order valence-electron chi connectivity index (χ3n) is 4.34. The molecule has 8 heteroatoms. The van der Waals surface area contributed by atoms with Crippen molar-refractivity contribution in [2.75, 3.05) is 13.1 Å². The van der Waals surface area contributed by atoms with E-state index in [2.05, 4.69) is 9.72 Å². The van der Waals surface area contributed by atoms with Crippen LogP contribution in [0, 0.1) is 0 Å². The van der Waals surface area contributed by atoms with Crippen LogP contribution in [0.4, 0.5) is 13.2 Å². The van der Waals surface area contributed by atoms with Crippen LogP contribution in [0.2, 0.25) is 0 Å². The highest BCUT2D eigenvalue weighted by molar-refractivity contribution is 5.97. The predicted octanol–water partition coefficient (Wildman–Crippen LogP) is 4.04. The molecule has 1 aliphatic rings. The highest BCUT2D eigenvalue weighted by atomic mass is 19.4. The Morgan fingerprint density at radius 3 is 2.50 bits per heavy atom. The van der Waals surface area contributed by atoms with Gasteiger partial charge >= 0.3 is 6.36 Å². The molecular weight excluding hydrogens is 373 g/mol. The quantitative estimate of drug-likeness (QED) is 0.677. The fourth-order valence-electron chi connectivity index (χ4n) is 2.99. The standard InChI is InChI=1S/C20H15F3N2O3/c21-20(22,23)28-17-8-4-2-6-15(17)19(26)25-11-14(12-25)27-18-10-9-13-5-1-3-7-16(13)24-18/h1-10,14H,11-12H2. The largest absolute Gasteiger partial charge is 0.573 e. The minimum absolute atomic E-state index is 0.137. The maximum atomic E-state index is 12.5. The Morgan fingerprint density at radius 2 is 1.71 bits per heavy atom. The second kappa shape index (κ2) is 7.03. The molecule has 1 fully saturated rings. The van der Waals surface area contributed by atoms with E-state index in [9.17, 15) is 18.0 Å². The summed E-state index contributed by atoms with van der Waals surface area (Å²) in [5.41, 5.74) is 0.660. The summed E-state index contributed by atoms with van der Waals surface area (Å²) in [5, 5.41) is 0.988. The first-order valence-electron chi connectivity index (χ1n) is 8.55. The lowest BCUT2D eigenvalue weighted by atomic mass is 10.1. The van der Waals surface area contributed by atoms with Crippen molar-refractivity contribution in [1.82, 2.24) is 9.88 Å². The summed E-state index contributed by atoms with van der Waals surface area (Å²) in [4.78, 5) is 18.3. The molecule has 3 aromatic rings. The van der Waals surface area contributed by atoms with Crippen LogP contribution in [0.15, 0.2) is 60.7 Å². The summed E-state index contributed by atoms with van der Waals surface area (Å²) >= 11 is 0. The molecule has 144 valence electrons. The number of nitrogens with zero attached hydrogens (tertiary/aromatic N) is 2. The molecule has 1 aliphatic heterocycles. The first-order valence-corrected chi connectivity index (χ1v) is 8.55. The van der Waals surface area contributed by atoms with Gasteiger partial charge in [0.05, 0.1) is 24.2 Å². The number of aromatic nitrogens is 1. The third-order valence-corrected chi connectivity index (χ3v) is 4.34. The van der Waals surface area contributed by atoms with E-state index in [0.29, 0.717) is 5.88 Å². The fraction of sp³-hybridized carbons (Fsp3) is 0.200. The molecule has 2 heterocycles. The van der Waals surface area contributed by atoms with Crippen LogP contribution < -0.4 is 9.47 Å². The minimum atomic E-state index is -4.86. The van der Waals surface area contributed by atoms with E-state index < -0.39 is 18.0 Å². The number of benzene rings is 2. The average molecular weight is 388 g/mol. The van der Waals surface area contributed by atoms with Crippen LogP contribution in [0.5, 0.6) is 11.6 Å². The minimum Gasteiger partial charge on any atom is -0.471 e. The Bertz CT molecular complexity index is 1020. The Morgan fingerprint density at radius 1 is 1.00 bits per heavy atom. The van der Waals surface area contributed by atoms with Gasteiger partial charge in [-0.25, -0.2) is 4.98 Å². The zero-order chi connectivity index (χ0) is 19.7. The average Bonchev–Trinajstić information content (AvgIpc) is 2.63. The summed E-state index contributed by atoms with van der Waals surface area (Å²) in [7, 11) is 0. The molecule has 1 aromatic heterocycles. The smallest absolute Gasteiger partial charge is 0.471 e. The lowest BCUT2D eigenvalue weighted by Gasteiger charge is -2.38. The number of pyridine rings is 1. The monoisotopic (exact) mass is 388 g/mol. The lowest BCUT2D eigenvalue weighted by Crippen LogP contribution is -2.56. The van der Waals surface area contributed by atoms with Gasteiger partial charge in [-0.1, -0.05) is 30.3 Å². The molecule has 0 aliphatic carbocycles. The summed E-state index contributed by atoms with van der Waals surface area (Å²) < 4.78 is 47.3. The highest BCUT2D eigenvalue weighted by Crippen LogP contribution is 2.29. The number of halogens is 3. The first-order chi connectivity index (χ1) is 13.4. The van der Waals surface area contributed by atoms with Gasteiger partial charge in [-0.05, 0) is 24.3 Å². The summed E-state index contributed by atoms with van der Waals surface area (Å²) in [5.74, 6) is -0.608. The molecule has 0 N–H and O–H groups in total. The summed E-state index contributed by atoms with van der Waals surface area (Å²) in [6.45, 7) is 0.515. The van der Waals surface area contributed by atoms with Gasteiger partial charge in [0.15, 0.2) is 0 Å². The Labute approximate surface area is 158 Å². The molecule has 0 bridgehead atoms. The number of rotatable bonds is 4. The van der Waals surface area contributed by atoms with E-state index in [0.717, 1.165) is 17.0 Å². The number of hydrogen-bond acceptors (Lipinski definition) is 4. The molecule has 0 spiro atoms. The van der Waals surface area contributed by atoms with E-state index in [1.165, 1.54) is 23.1 Å². The summed E-state index contributed by atoms with van der Waals surface area (Å²) in [6.07, 6.45) is -5.13. The third kappa shape index (κ3) is 3.85. The van der Waals surface area contributed by atoms with Crippen LogP contribution in [-0.2, 0) is 0 Å². The zero-order valence-corrected chi connectivity index (χ0v) is 14.5. The van der Waals surface area contributed by atoms with Gasteiger partial charge < -0.3 is 14.4 Å². The fourth-order valence-corrected chi connectivity index (χ4v) is 2.99. The first kappa shape index (κ1) is 18.1. The number of fused-ring (bicyclic) bond motifs is 1. The molecule has 1 amide bonds. The lowest BCUT2D eigenvalue weighted by molar-refractivity contribution is -0.274. The van der Waals surface area contributed by atoms with Gasteiger partial charge in [0, 0.05) is 11.5 Å². The van der Waals surface area contributed by atoms with Gasteiger partial charge in [0.25, 0.3) is 5.91 Å². The van der Waals surface area contributed by atoms with Crippen molar-refractivity contribution in [3.63, 3.8) is 0 Å². The van der Waals surface area contributed by atoms with Gasteiger partial charge in [0.2, 0.25) is 5.88 Å². The van der Waals surface area contributed by atoms with Crippen molar-refractivity contribution in [2.24, 2.45) is 0 Å². The van der Waals surface area contributed by atoms with Crippen molar-refractivity contribution in [3.05, 3.63) is 66.2 Å². The number of likely N-dealkylation sites (tertiary alicyclic amines) is 1. The molecule has 0 saturated carbocycles. The number of carbonyl (C=O) groups is 1. The van der Waals surface area contributed by atoms with Gasteiger partial charge in [0.1, 0.15) is 11.9 Å². The SMILES string of the molecule is O=C(c1ccccc1OC(F)(F)F)N1CC(Oc2ccc3ccccc3n2)C1. The normalized spacial score (nSPS) is 14.6. The number of alkyl halides is 3. The second-order valence-electron chi connectivity index (χ2n) is 6.34. The molecule has 0 unspecified atom stereocenters. The van der Waals surface area contributed by atoms with E-state index >= 15 is 0 Å². The van der Waals surface area contributed by atoms with Crippen LogP contribution in [0.25, 0.3) is 10.9 Å². The molecule has 28 heavy (non-hydrogen) atoms. The van der Waals surface area contributed by atoms with Crippen molar-refractivity contribution in [3.8, 4) is 11.6 Å². The maximum absolute atomic E-state index is 12.5. The van der Waals surface area contributed by atoms with Crippen molar-refractivity contribution in [2.45, 2.75) is 12.5 Å². The van der Waals surface area contributed by atoms with E-state index in [1.54, 1.807) is 6.07 Å². The van der Waals surface area contributed by atoms with Crippen LogP contribution >= 0.6 is 0 Å². The number of amides is 1. The number of hydrogen-bond donors (Lipinski definition) is 0. The van der Waals surface area contributed by atoms with Crippen molar-refractivity contribution >= 4 is 16.8 Å². The Kier molecular flexibility index (Phi) is 4.54. The molecule has 0 atom stereocenters. The Hall–Kier alpha value is -3.29. The van der Waals surface area contributed by atoms with Crippen LogP contribution in [0.3, 0.4) is 0 Å². The predicted molar refractivity (Wildman–Crippen MR) is 95.2 cm³/mol. The second-order valence-corrected chi connectivity index (χ2v) is 6.34. The molecule has 2 aromatic carbocycles. The van der Waals surface area contributed by atoms with Crippen LogP contribution in [0.1, 0.15) is 10.4 Å². The van der Waals surface area contributed by atoms with E-state index in [-0.39, 0.29) is 24.8 Å². The number of carbonyl (C=O) groups excluding carboxylic acids is 1. The van der Waals surface area contributed by atoms with Gasteiger partial charge in [-0.15, -0.1) is 13.2 Å². The molecule has 1 saturated heterocycles. The molecule has 0 radical (unpaired) electrons.